The maximum Gasteiger partial charge on any atom is 0.263 e. The van der Waals surface area contributed by atoms with E-state index < -0.39 is 0 Å². The van der Waals surface area contributed by atoms with Crippen LogP contribution in [0.5, 0.6) is 5.75 Å². The summed E-state index contributed by atoms with van der Waals surface area (Å²) in [5, 5.41) is 2.78. The molecule has 5 rings (SSSR count). The van der Waals surface area contributed by atoms with Gasteiger partial charge in [0, 0.05) is 36.5 Å². The zero-order chi connectivity index (χ0) is 24.4. The number of rotatable bonds is 7. The number of para-hydroxylation sites is 1. The van der Waals surface area contributed by atoms with Crippen molar-refractivity contribution in [1.82, 2.24) is 4.40 Å². The molecule has 0 saturated carbocycles. The van der Waals surface area contributed by atoms with E-state index in [2.05, 4.69) is 0 Å². The van der Waals surface area contributed by atoms with Gasteiger partial charge in [-0.15, -0.1) is 11.3 Å². The van der Waals surface area contributed by atoms with Gasteiger partial charge in [0.15, 0.2) is 0 Å². The molecular weight excluding hydrogens is 460 g/mol. The molecule has 35 heavy (non-hydrogen) atoms. The summed E-state index contributed by atoms with van der Waals surface area (Å²) in [6.45, 7) is 0.784. The molecule has 0 unspecified atom stereocenters. The van der Waals surface area contributed by atoms with Crippen LogP contribution in [0.1, 0.15) is 10.4 Å². The molecule has 0 bridgehead atoms. The first kappa shape index (κ1) is 22.8. The van der Waals surface area contributed by atoms with Crippen LogP contribution in [0.4, 0.5) is 5.69 Å². The standard InChI is InChI=1S/C28H24N2O4S/c1-33-16-15-29(20-6-4-3-5-7-20)28(32)24-18-30-25(26-23(24)14-17-35-26)13-12-22(27(30)31)19-8-10-21(34-2)11-9-19/h3-14,17-18H,15-16H2,1-2H3. The molecular formula is C28H24N2O4S. The van der Waals surface area contributed by atoms with Crippen molar-refractivity contribution in [3.05, 3.63) is 100 Å². The Bertz CT molecular complexity index is 1560. The Labute approximate surface area is 206 Å². The lowest BCUT2D eigenvalue weighted by Crippen LogP contribution is -2.34. The number of ether oxygens (including phenoxy) is 2. The second-order valence-corrected chi connectivity index (χ2v) is 8.94. The summed E-state index contributed by atoms with van der Waals surface area (Å²) in [5.74, 6) is 0.542. The summed E-state index contributed by atoms with van der Waals surface area (Å²) in [4.78, 5) is 29.2. The van der Waals surface area contributed by atoms with Crippen molar-refractivity contribution >= 4 is 38.5 Å². The number of carbonyl (C=O) groups excluding carboxylic acids is 1. The minimum absolute atomic E-state index is 0.180. The summed E-state index contributed by atoms with van der Waals surface area (Å²) >= 11 is 1.52. The van der Waals surface area contributed by atoms with Crippen molar-refractivity contribution < 1.29 is 14.3 Å². The highest BCUT2D eigenvalue weighted by atomic mass is 32.1. The number of pyridine rings is 2. The number of methoxy groups -OCH3 is 2. The van der Waals surface area contributed by atoms with E-state index in [4.69, 9.17) is 9.47 Å². The quantitative estimate of drug-likeness (QED) is 0.307. The maximum atomic E-state index is 13.9. The molecule has 0 radical (unpaired) electrons. The molecule has 0 aliphatic rings. The zero-order valence-corrected chi connectivity index (χ0v) is 20.2. The fraction of sp³-hybridized carbons (Fsp3) is 0.143. The first-order valence-electron chi connectivity index (χ1n) is 11.2. The smallest absolute Gasteiger partial charge is 0.263 e. The zero-order valence-electron chi connectivity index (χ0n) is 19.4. The molecule has 3 heterocycles. The Balaban J connectivity index is 1.68. The van der Waals surface area contributed by atoms with Crippen molar-refractivity contribution in [1.29, 1.82) is 0 Å². The molecule has 0 fully saturated rings. The molecule has 176 valence electrons. The van der Waals surface area contributed by atoms with Crippen molar-refractivity contribution in [3.8, 4) is 16.9 Å². The lowest BCUT2D eigenvalue weighted by atomic mass is 10.1. The average Bonchev–Trinajstić information content (AvgIpc) is 3.40. The molecule has 0 atom stereocenters. The van der Waals surface area contributed by atoms with Crippen LogP contribution in [0.25, 0.3) is 26.7 Å². The topological polar surface area (TPSA) is 60.2 Å². The van der Waals surface area contributed by atoms with Crippen LogP contribution in [-0.4, -0.2) is 37.7 Å². The third kappa shape index (κ3) is 4.20. The van der Waals surface area contributed by atoms with Gasteiger partial charge in [-0.25, -0.2) is 0 Å². The minimum atomic E-state index is -0.180. The molecule has 0 N–H and O–H groups in total. The highest BCUT2D eigenvalue weighted by molar-refractivity contribution is 7.18. The summed E-state index contributed by atoms with van der Waals surface area (Å²) in [6, 6.07) is 22.6. The third-order valence-electron chi connectivity index (χ3n) is 6.03. The Hall–Kier alpha value is -3.94. The van der Waals surface area contributed by atoms with Crippen molar-refractivity contribution in [2.45, 2.75) is 0 Å². The summed E-state index contributed by atoms with van der Waals surface area (Å²) in [6.07, 6.45) is 1.67. The predicted octanol–water partition coefficient (Wildman–Crippen LogP) is 5.48. The number of anilines is 1. The molecule has 6 nitrogen and oxygen atoms in total. The molecule has 0 aliphatic carbocycles. The molecule has 0 spiro atoms. The Morgan fingerprint density at radius 3 is 2.46 bits per heavy atom. The molecule has 0 aliphatic heterocycles. The van der Waals surface area contributed by atoms with Crippen LogP contribution in [-0.2, 0) is 4.74 Å². The second-order valence-electron chi connectivity index (χ2n) is 8.03. The lowest BCUT2D eigenvalue weighted by molar-refractivity contribution is 0.0977. The predicted molar refractivity (Wildman–Crippen MR) is 141 cm³/mol. The largest absolute Gasteiger partial charge is 0.497 e. The molecule has 5 aromatic rings. The van der Waals surface area contributed by atoms with E-state index in [-0.39, 0.29) is 11.5 Å². The first-order chi connectivity index (χ1) is 17.1. The van der Waals surface area contributed by atoms with E-state index in [9.17, 15) is 9.59 Å². The summed E-state index contributed by atoms with van der Waals surface area (Å²) in [5.41, 5.74) is 3.19. The van der Waals surface area contributed by atoms with Gasteiger partial charge in [-0.05, 0) is 53.4 Å². The third-order valence-corrected chi connectivity index (χ3v) is 6.96. The number of hydrogen-bond acceptors (Lipinski definition) is 5. The monoisotopic (exact) mass is 484 g/mol. The van der Waals surface area contributed by atoms with Crippen LogP contribution in [0.15, 0.2) is 89.2 Å². The van der Waals surface area contributed by atoms with E-state index in [1.54, 1.807) is 29.7 Å². The van der Waals surface area contributed by atoms with Crippen LogP contribution >= 0.6 is 11.3 Å². The van der Waals surface area contributed by atoms with Crippen molar-refractivity contribution in [2.24, 2.45) is 0 Å². The van der Waals surface area contributed by atoms with Gasteiger partial charge in [0.25, 0.3) is 11.5 Å². The van der Waals surface area contributed by atoms with E-state index in [1.807, 2.05) is 78.2 Å². The van der Waals surface area contributed by atoms with Gasteiger partial charge in [-0.1, -0.05) is 30.3 Å². The van der Waals surface area contributed by atoms with Crippen molar-refractivity contribution in [2.75, 3.05) is 32.3 Å². The highest BCUT2D eigenvalue weighted by Gasteiger charge is 2.22. The van der Waals surface area contributed by atoms with E-state index in [0.29, 0.717) is 24.3 Å². The van der Waals surface area contributed by atoms with Crippen molar-refractivity contribution in [3.63, 3.8) is 0 Å². The van der Waals surface area contributed by atoms with Gasteiger partial charge < -0.3 is 14.4 Å². The SMILES string of the molecule is COCCN(C(=O)c1cn2c(=O)c(-c3ccc(OC)cc3)ccc2c2sccc12)c1ccccc1. The van der Waals surface area contributed by atoms with Gasteiger partial charge >= 0.3 is 0 Å². The Morgan fingerprint density at radius 1 is 0.971 bits per heavy atom. The Morgan fingerprint density at radius 2 is 1.74 bits per heavy atom. The molecule has 7 heteroatoms. The van der Waals surface area contributed by atoms with Gasteiger partial charge in [0.05, 0.1) is 29.5 Å². The summed E-state index contributed by atoms with van der Waals surface area (Å²) < 4.78 is 13.0. The Kier molecular flexibility index (Phi) is 6.35. The van der Waals surface area contributed by atoms with Gasteiger partial charge in [0.1, 0.15) is 5.75 Å². The number of nitrogens with zero attached hydrogens (tertiary/aromatic N) is 2. The maximum absolute atomic E-state index is 13.9. The number of benzene rings is 2. The average molecular weight is 485 g/mol. The molecule has 1 amide bonds. The van der Waals surface area contributed by atoms with Gasteiger partial charge in [-0.3, -0.25) is 14.0 Å². The molecule has 3 aromatic heterocycles. The fourth-order valence-corrected chi connectivity index (χ4v) is 5.16. The van der Waals surface area contributed by atoms with Crippen LogP contribution in [0.3, 0.4) is 0 Å². The summed E-state index contributed by atoms with van der Waals surface area (Å²) in [7, 11) is 3.22. The van der Waals surface area contributed by atoms with E-state index in [1.165, 1.54) is 11.3 Å². The van der Waals surface area contributed by atoms with Crippen LogP contribution < -0.4 is 15.2 Å². The number of hydrogen-bond donors (Lipinski definition) is 0. The number of fused-ring (bicyclic) bond motifs is 3. The molecule has 0 saturated heterocycles. The molecule has 2 aromatic carbocycles. The van der Waals surface area contributed by atoms with Gasteiger partial charge in [-0.2, -0.15) is 0 Å². The van der Waals surface area contributed by atoms with E-state index in [0.717, 1.165) is 32.6 Å². The highest BCUT2D eigenvalue weighted by Crippen LogP contribution is 2.31. The first-order valence-corrected chi connectivity index (χ1v) is 12.1. The van der Waals surface area contributed by atoms with Crippen LogP contribution in [0, 0.1) is 0 Å². The number of carbonyl (C=O) groups is 1. The fourth-order valence-electron chi connectivity index (χ4n) is 4.23. The normalized spacial score (nSPS) is 11.1. The number of amides is 1. The number of thiophene rings is 1. The lowest BCUT2D eigenvalue weighted by Gasteiger charge is -2.23. The number of aromatic nitrogens is 1. The second kappa shape index (κ2) is 9.74. The minimum Gasteiger partial charge on any atom is -0.497 e. The van der Waals surface area contributed by atoms with Crippen LogP contribution in [0.2, 0.25) is 0 Å². The van der Waals surface area contributed by atoms with E-state index >= 15 is 0 Å². The van der Waals surface area contributed by atoms with Gasteiger partial charge in [0.2, 0.25) is 0 Å².